The Morgan fingerprint density at radius 2 is 2.00 bits per heavy atom. The maximum atomic E-state index is 13.1. The van der Waals surface area contributed by atoms with Crippen molar-refractivity contribution in [3.05, 3.63) is 35.9 Å². The van der Waals surface area contributed by atoms with Gasteiger partial charge in [0.05, 0.1) is 11.0 Å². The van der Waals surface area contributed by atoms with Crippen molar-refractivity contribution >= 4 is 28.6 Å². The molecule has 0 amide bonds. The fourth-order valence-corrected chi connectivity index (χ4v) is 1.30. The summed E-state index contributed by atoms with van der Waals surface area (Å²) in [7, 11) is 0. The van der Waals surface area contributed by atoms with Crippen molar-refractivity contribution in [2.45, 2.75) is 0 Å². The molecule has 0 aliphatic carbocycles. The Bertz CT molecular complexity index is 500. The summed E-state index contributed by atoms with van der Waals surface area (Å²) in [6.45, 7) is 0. The summed E-state index contributed by atoms with van der Waals surface area (Å²) in [4.78, 5) is 3.89. The third-order valence-corrected chi connectivity index (χ3v) is 1.98. The summed E-state index contributed by atoms with van der Waals surface area (Å²) >= 11 is 4.91. The number of hydrogen-bond acceptors (Lipinski definition) is 1. The van der Waals surface area contributed by atoms with E-state index in [0.29, 0.717) is 11.0 Å². The molecule has 0 aliphatic rings. The molecule has 1 aromatic carbocycles. The fraction of sp³-hybridized carbons (Fsp3) is 0. The molecule has 0 saturated heterocycles. The zero-order valence-corrected chi connectivity index (χ0v) is 7.67. The van der Waals surface area contributed by atoms with E-state index in [1.54, 1.807) is 24.3 Å². The van der Waals surface area contributed by atoms with Crippen LogP contribution in [0.25, 0.3) is 17.0 Å². The van der Waals surface area contributed by atoms with E-state index in [4.69, 9.17) is 11.6 Å². The lowest BCUT2D eigenvalue weighted by Gasteiger charge is -1.98. The molecule has 2 aromatic rings. The van der Waals surface area contributed by atoms with E-state index in [0.717, 1.165) is 4.57 Å². The van der Waals surface area contributed by atoms with Crippen LogP contribution in [0.4, 0.5) is 8.78 Å². The summed E-state index contributed by atoms with van der Waals surface area (Å²) in [6, 6.07) is 6.80. The van der Waals surface area contributed by atoms with Crippen molar-refractivity contribution in [3.63, 3.8) is 0 Å². The Morgan fingerprint density at radius 1 is 1.29 bits per heavy atom. The maximum Gasteiger partial charge on any atom is 0.247 e. The van der Waals surface area contributed by atoms with Crippen LogP contribution in [0.3, 0.4) is 0 Å². The minimum Gasteiger partial charge on any atom is -0.271 e. The predicted molar refractivity (Wildman–Crippen MR) is 51.0 cm³/mol. The quantitative estimate of drug-likeness (QED) is 0.712. The highest BCUT2D eigenvalue weighted by Crippen LogP contribution is 2.22. The van der Waals surface area contributed by atoms with Gasteiger partial charge < -0.3 is 0 Å². The van der Waals surface area contributed by atoms with Crippen molar-refractivity contribution < 1.29 is 8.78 Å². The van der Waals surface area contributed by atoms with Crippen molar-refractivity contribution in [1.29, 1.82) is 0 Å². The van der Waals surface area contributed by atoms with Gasteiger partial charge in [-0.3, -0.25) is 4.57 Å². The van der Waals surface area contributed by atoms with E-state index >= 15 is 0 Å². The normalized spacial score (nSPS) is 13.1. The predicted octanol–water partition coefficient (Wildman–Crippen LogP) is 3.30. The van der Waals surface area contributed by atoms with E-state index in [2.05, 4.69) is 4.98 Å². The van der Waals surface area contributed by atoms with Crippen LogP contribution in [0.15, 0.2) is 35.9 Å². The van der Waals surface area contributed by atoms with Gasteiger partial charge in [-0.05, 0) is 23.7 Å². The number of fused-ring (bicyclic) bond motifs is 1. The van der Waals surface area contributed by atoms with E-state index in [-0.39, 0.29) is 0 Å². The van der Waals surface area contributed by atoms with Gasteiger partial charge in [0.1, 0.15) is 6.33 Å². The minimum atomic E-state index is -1.38. The van der Waals surface area contributed by atoms with E-state index in [9.17, 15) is 8.78 Å². The van der Waals surface area contributed by atoms with Crippen LogP contribution in [-0.4, -0.2) is 9.55 Å². The van der Waals surface area contributed by atoms with Crippen LogP contribution in [0.5, 0.6) is 0 Å². The minimum absolute atomic E-state index is 0.473. The number of halogens is 3. The van der Waals surface area contributed by atoms with Crippen molar-refractivity contribution in [1.82, 2.24) is 9.55 Å². The molecule has 2 nitrogen and oxygen atoms in total. The Hall–Kier alpha value is -1.42. The van der Waals surface area contributed by atoms with Crippen LogP contribution in [0.2, 0.25) is 0 Å². The molecule has 1 heterocycles. The van der Waals surface area contributed by atoms with Gasteiger partial charge in [-0.15, -0.1) is 0 Å². The largest absolute Gasteiger partial charge is 0.271 e. The van der Waals surface area contributed by atoms with Gasteiger partial charge in [-0.2, -0.15) is 8.78 Å². The third kappa shape index (κ3) is 1.37. The van der Waals surface area contributed by atoms with Gasteiger partial charge in [-0.1, -0.05) is 12.1 Å². The van der Waals surface area contributed by atoms with Crippen LogP contribution in [0, 0.1) is 0 Å². The summed E-state index contributed by atoms with van der Waals surface area (Å²) in [5.74, 6) is -1.15. The van der Waals surface area contributed by atoms with Gasteiger partial charge in [0, 0.05) is 0 Å². The molecule has 0 atom stereocenters. The number of nitrogens with zero attached hydrogens (tertiary/aromatic N) is 2. The molecule has 0 saturated carbocycles. The van der Waals surface area contributed by atoms with Crippen LogP contribution in [-0.2, 0) is 0 Å². The fourth-order valence-electron chi connectivity index (χ4n) is 1.21. The molecule has 0 bridgehead atoms. The highest BCUT2D eigenvalue weighted by atomic mass is 35.5. The Balaban J connectivity index is 2.71. The van der Waals surface area contributed by atoms with Gasteiger partial charge >= 0.3 is 0 Å². The number of rotatable bonds is 1. The van der Waals surface area contributed by atoms with Gasteiger partial charge in [-0.25, -0.2) is 4.98 Å². The Morgan fingerprint density at radius 3 is 2.71 bits per heavy atom. The summed E-state index contributed by atoms with van der Waals surface area (Å²) < 4.78 is 26.5. The molecule has 0 fully saturated rings. The monoisotopic (exact) mass is 214 g/mol. The van der Waals surface area contributed by atoms with Crippen LogP contribution in [0.1, 0.15) is 0 Å². The molecular weight excluding hydrogens is 210 g/mol. The molecule has 0 N–H and O–H groups in total. The van der Waals surface area contributed by atoms with Crippen LogP contribution < -0.4 is 0 Å². The topological polar surface area (TPSA) is 17.8 Å². The average Bonchev–Trinajstić information content (AvgIpc) is 2.60. The lowest BCUT2D eigenvalue weighted by atomic mass is 10.3. The van der Waals surface area contributed by atoms with Gasteiger partial charge in [0.2, 0.25) is 11.2 Å². The van der Waals surface area contributed by atoms with Gasteiger partial charge in [0.25, 0.3) is 0 Å². The Kier molecular flexibility index (Phi) is 2.21. The summed E-state index contributed by atoms with van der Waals surface area (Å²) in [5.41, 5.74) is 1.06. The second kappa shape index (κ2) is 3.38. The lowest BCUT2D eigenvalue weighted by molar-refractivity contribution is 0.617. The second-order valence-electron chi connectivity index (χ2n) is 2.65. The maximum absolute atomic E-state index is 13.1. The lowest BCUT2D eigenvalue weighted by Crippen LogP contribution is -1.90. The number of aromatic nitrogens is 2. The van der Waals surface area contributed by atoms with Crippen LogP contribution >= 0.6 is 11.6 Å². The molecule has 0 unspecified atom stereocenters. The first-order valence-corrected chi connectivity index (χ1v) is 4.21. The summed E-state index contributed by atoms with van der Waals surface area (Å²) in [6.07, 6.45) is 1.18. The average molecular weight is 215 g/mol. The first-order chi connectivity index (χ1) is 6.70. The number of imidazole rings is 1. The molecule has 1 aromatic heterocycles. The molecule has 5 heteroatoms. The zero-order chi connectivity index (χ0) is 10.1. The van der Waals surface area contributed by atoms with Gasteiger partial charge in [0.15, 0.2) is 0 Å². The standard InChI is InChI=1S/C9H5ClF2N2/c10-8(11)9(12)14-5-13-6-3-1-2-4-7(6)14/h1-5H/b9-8+. The smallest absolute Gasteiger partial charge is 0.247 e. The molecule has 0 radical (unpaired) electrons. The van der Waals surface area contributed by atoms with Crippen molar-refractivity contribution in [2.24, 2.45) is 0 Å². The second-order valence-corrected chi connectivity index (χ2v) is 2.99. The molecule has 72 valence electrons. The first kappa shape index (κ1) is 9.15. The highest BCUT2D eigenvalue weighted by Gasteiger charge is 2.09. The first-order valence-electron chi connectivity index (χ1n) is 3.83. The number of hydrogen-bond donors (Lipinski definition) is 0. The molecule has 0 aliphatic heterocycles. The molecule has 14 heavy (non-hydrogen) atoms. The molecule has 0 spiro atoms. The Labute approximate surface area is 83.4 Å². The SMILES string of the molecule is F/C(Cl)=C(\F)n1cnc2ccccc21. The van der Waals surface area contributed by atoms with E-state index in [1.807, 2.05) is 0 Å². The van der Waals surface area contributed by atoms with Crippen molar-refractivity contribution in [3.8, 4) is 0 Å². The number of benzene rings is 1. The number of para-hydroxylation sites is 2. The molecular formula is C9H5ClF2N2. The van der Waals surface area contributed by atoms with E-state index < -0.39 is 11.2 Å². The third-order valence-electron chi connectivity index (χ3n) is 1.82. The highest BCUT2D eigenvalue weighted by molar-refractivity contribution is 6.30. The van der Waals surface area contributed by atoms with Crippen molar-refractivity contribution in [2.75, 3.05) is 0 Å². The zero-order valence-electron chi connectivity index (χ0n) is 6.92. The molecule has 2 rings (SSSR count). The summed E-state index contributed by atoms with van der Waals surface area (Å²) in [5, 5.41) is -1.38. The van der Waals surface area contributed by atoms with E-state index in [1.165, 1.54) is 6.33 Å².